The highest BCUT2D eigenvalue weighted by Crippen LogP contribution is 2.51. The van der Waals surface area contributed by atoms with E-state index in [0.29, 0.717) is 0 Å². The van der Waals surface area contributed by atoms with Crippen molar-refractivity contribution in [2.45, 2.75) is 113 Å². The third-order valence-corrected chi connectivity index (χ3v) is 14.8. The minimum absolute atomic E-state index is 0.0120. The van der Waals surface area contributed by atoms with Gasteiger partial charge in [-0.1, -0.05) is 117 Å². The Morgan fingerprint density at radius 2 is 1.08 bits per heavy atom. The molecule has 0 saturated heterocycles. The molecular weight excluding hydrogens is 772 g/mol. The Balaban J connectivity index is 1.31. The highest BCUT2D eigenvalue weighted by molar-refractivity contribution is 7.26. The van der Waals surface area contributed by atoms with E-state index in [4.69, 9.17) is 4.42 Å². The van der Waals surface area contributed by atoms with Crippen LogP contribution in [0.3, 0.4) is 0 Å². The molecule has 0 aliphatic carbocycles. The van der Waals surface area contributed by atoms with Gasteiger partial charge in [0, 0.05) is 32.7 Å². The zero-order chi connectivity index (χ0) is 43.9. The normalized spacial score (nSPS) is 13.9. The Hall–Kier alpha value is -5.52. The predicted octanol–water partition coefficient (Wildman–Crippen LogP) is 14.8. The molecule has 62 heavy (non-hydrogen) atoms. The van der Waals surface area contributed by atoms with Crippen LogP contribution in [0.25, 0.3) is 32.2 Å². The van der Waals surface area contributed by atoms with Crippen molar-refractivity contribution in [2.24, 2.45) is 0 Å². The largest absolute Gasteiger partial charge is 0.464 e. The molecule has 312 valence electrons. The van der Waals surface area contributed by atoms with Crippen molar-refractivity contribution in [2.75, 3.05) is 9.80 Å². The minimum Gasteiger partial charge on any atom is -0.464 e. The standard InChI is InChI=1S/C57H59BN2OS/c1-32-23-46-51-47(24-32)60(53-35(4)27-40(28-36(53)5)57(12,13)14)54-50(42-29-38(55(6,7)8)20-22-49(42)62-54)58(51)44-30-39(56(9,10)11)19-21-45(44)59(46)52-33(2)25-37(26-34(52)3)43-31-61-48-18-16-15-17-41(43)48/h15-31H,1-14H3. The van der Waals surface area contributed by atoms with E-state index in [2.05, 4.69) is 198 Å². The number of rotatable bonds is 3. The van der Waals surface area contributed by atoms with Gasteiger partial charge in [-0.15, -0.1) is 11.3 Å². The summed E-state index contributed by atoms with van der Waals surface area (Å²) in [5, 5.41) is 3.84. The monoisotopic (exact) mass is 830 g/mol. The summed E-state index contributed by atoms with van der Waals surface area (Å²) in [4.78, 5) is 5.28. The highest BCUT2D eigenvalue weighted by atomic mass is 32.1. The average molecular weight is 831 g/mol. The number of nitrogens with zero attached hydrogens (tertiary/aromatic N) is 2. The molecule has 0 radical (unpaired) electrons. The zero-order valence-electron chi connectivity index (χ0n) is 39.1. The summed E-state index contributed by atoms with van der Waals surface area (Å²) in [6.45, 7) is 32.6. The molecule has 4 heterocycles. The van der Waals surface area contributed by atoms with Crippen LogP contribution in [0.5, 0.6) is 0 Å². The quantitative estimate of drug-likeness (QED) is 0.165. The molecule has 0 atom stereocenters. The summed E-state index contributed by atoms with van der Waals surface area (Å²) in [6.07, 6.45) is 1.92. The highest BCUT2D eigenvalue weighted by Gasteiger charge is 2.46. The molecule has 6 aromatic carbocycles. The Bertz CT molecular complexity index is 3110. The van der Waals surface area contributed by atoms with Gasteiger partial charge in [-0.3, -0.25) is 0 Å². The van der Waals surface area contributed by atoms with Crippen LogP contribution in [0.2, 0.25) is 0 Å². The van der Waals surface area contributed by atoms with Crippen LogP contribution in [0.1, 0.15) is 107 Å². The molecule has 0 amide bonds. The summed E-state index contributed by atoms with van der Waals surface area (Å²) in [5.74, 6) is 0. The van der Waals surface area contributed by atoms with Crippen LogP contribution in [0.15, 0.2) is 108 Å². The molecule has 5 heteroatoms. The topological polar surface area (TPSA) is 19.6 Å². The second kappa shape index (κ2) is 13.7. The first kappa shape index (κ1) is 40.6. The molecule has 2 aliphatic heterocycles. The lowest BCUT2D eigenvalue weighted by molar-refractivity contribution is 0.589. The second-order valence-corrected chi connectivity index (χ2v) is 22.5. The van der Waals surface area contributed by atoms with E-state index in [1.54, 1.807) is 0 Å². The van der Waals surface area contributed by atoms with Crippen LogP contribution in [0, 0.1) is 34.6 Å². The summed E-state index contributed by atoms with van der Waals surface area (Å²) in [6, 6.07) is 37.6. The van der Waals surface area contributed by atoms with Gasteiger partial charge >= 0.3 is 0 Å². The summed E-state index contributed by atoms with van der Waals surface area (Å²) < 4.78 is 7.41. The van der Waals surface area contributed by atoms with Crippen LogP contribution >= 0.6 is 11.3 Å². The maximum absolute atomic E-state index is 6.07. The van der Waals surface area contributed by atoms with Gasteiger partial charge in [0.05, 0.1) is 22.6 Å². The average Bonchev–Trinajstić information content (AvgIpc) is 3.79. The number of anilines is 6. The number of hydrogen-bond acceptors (Lipinski definition) is 4. The Kier molecular flexibility index (Phi) is 8.99. The molecule has 2 aliphatic rings. The van der Waals surface area contributed by atoms with E-state index in [9.17, 15) is 0 Å². The van der Waals surface area contributed by atoms with Crippen LogP contribution in [-0.4, -0.2) is 6.71 Å². The first-order valence-electron chi connectivity index (χ1n) is 22.4. The van der Waals surface area contributed by atoms with Crippen molar-refractivity contribution in [3.05, 3.63) is 148 Å². The molecule has 2 aromatic heterocycles. The molecule has 0 N–H and O–H groups in total. The molecule has 10 rings (SSSR count). The fourth-order valence-electron chi connectivity index (χ4n) is 10.5. The third kappa shape index (κ3) is 6.21. The van der Waals surface area contributed by atoms with E-state index in [-0.39, 0.29) is 23.0 Å². The van der Waals surface area contributed by atoms with E-state index in [0.717, 1.165) is 16.5 Å². The lowest BCUT2D eigenvalue weighted by atomic mass is 9.33. The zero-order valence-corrected chi connectivity index (χ0v) is 39.9. The maximum Gasteiger partial charge on any atom is 0.254 e. The number of benzene rings is 6. The van der Waals surface area contributed by atoms with Gasteiger partial charge in [-0.2, -0.15) is 0 Å². The van der Waals surface area contributed by atoms with Gasteiger partial charge in [0.2, 0.25) is 0 Å². The molecule has 0 spiro atoms. The summed E-state index contributed by atoms with van der Waals surface area (Å²) in [5.41, 5.74) is 24.2. The van der Waals surface area contributed by atoms with E-state index < -0.39 is 0 Å². The number of thiophene rings is 1. The first-order chi connectivity index (χ1) is 29.2. The Labute approximate surface area is 373 Å². The number of furan rings is 1. The fourth-order valence-corrected chi connectivity index (χ4v) is 11.7. The van der Waals surface area contributed by atoms with Crippen molar-refractivity contribution in [1.29, 1.82) is 0 Å². The minimum atomic E-state index is -0.0280. The fraction of sp³-hybridized carbons (Fsp3) is 0.298. The third-order valence-electron chi connectivity index (χ3n) is 13.6. The predicted molar refractivity (Wildman–Crippen MR) is 271 cm³/mol. The van der Waals surface area contributed by atoms with Gasteiger partial charge in [-0.05, 0) is 165 Å². The lowest BCUT2D eigenvalue weighted by Crippen LogP contribution is -2.61. The van der Waals surface area contributed by atoms with Crippen LogP contribution in [0.4, 0.5) is 33.4 Å². The Morgan fingerprint density at radius 3 is 1.73 bits per heavy atom. The SMILES string of the molecule is Cc1cc2c3c(c1)N(c1c(C)cc(C(C)(C)C)cc1C)c1sc4ccc(C(C)(C)C)cc4c1B3c1cc(C(C)(C)C)ccc1N2c1c(C)cc(-c2coc3ccccc23)cc1C. The van der Waals surface area contributed by atoms with E-state index in [1.165, 1.54) is 110 Å². The number of fused-ring (bicyclic) bond motifs is 7. The smallest absolute Gasteiger partial charge is 0.254 e. The number of aryl methyl sites for hydroxylation is 5. The molecule has 0 unspecified atom stereocenters. The second-order valence-electron chi connectivity index (χ2n) is 21.4. The van der Waals surface area contributed by atoms with Gasteiger partial charge < -0.3 is 14.2 Å². The van der Waals surface area contributed by atoms with Crippen LogP contribution < -0.4 is 26.2 Å². The molecule has 8 aromatic rings. The van der Waals surface area contributed by atoms with Gasteiger partial charge in [0.15, 0.2) is 0 Å². The first-order valence-corrected chi connectivity index (χ1v) is 23.2. The lowest BCUT2D eigenvalue weighted by Gasteiger charge is -2.45. The van der Waals surface area contributed by atoms with E-state index in [1.807, 2.05) is 23.7 Å². The number of para-hydroxylation sites is 1. The van der Waals surface area contributed by atoms with E-state index >= 15 is 0 Å². The molecule has 3 nitrogen and oxygen atoms in total. The van der Waals surface area contributed by atoms with Crippen LogP contribution in [-0.2, 0) is 16.2 Å². The van der Waals surface area contributed by atoms with Gasteiger partial charge in [-0.25, -0.2) is 0 Å². The van der Waals surface area contributed by atoms with Crippen molar-refractivity contribution >= 4 is 88.9 Å². The van der Waals surface area contributed by atoms with Crippen molar-refractivity contribution < 1.29 is 4.42 Å². The molecule has 0 fully saturated rings. The Morgan fingerprint density at radius 1 is 0.516 bits per heavy atom. The molecule has 0 saturated carbocycles. The van der Waals surface area contributed by atoms with Gasteiger partial charge in [0.1, 0.15) is 5.58 Å². The summed E-state index contributed by atoms with van der Waals surface area (Å²) >= 11 is 1.96. The number of hydrogen-bond donors (Lipinski definition) is 0. The van der Waals surface area contributed by atoms with Crippen molar-refractivity contribution in [1.82, 2.24) is 0 Å². The van der Waals surface area contributed by atoms with Crippen molar-refractivity contribution in [3.63, 3.8) is 0 Å². The maximum atomic E-state index is 6.07. The molecular formula is C57H59BN2OS. The summed E-state index contributed by atoms with van der Waals surface area (Å²) in [7, 11) is 0. The van der Waals surface area contributed by atoms with Gasteiger partial charge in [0.25, 0.3) is 6.71 Å². The van der Waals surface area contributed by atoms with Crippen molar-refractivity contribution in [3.8, 4) is 11.1 Å². The molecule has 0 bridgehead atoms.